The number of aromatic nitrogens is 1. The van der Waals surface area contributed by atoms with Crippen molar-refractivity contribution < 1.29 is 14.6 Å². The maximum Gasteiger partial charge on any atom is 0.345 e. The van der Waals surface area contributed by atoms with Gasteiger partial charge in [-0.2, -0.15) is 0 Å². The number of aromatic carboxylic acids is 1. The maximum absolute atomic E-state index is 12.2. The number of thiophene rings is 1. The zero-order valence-corrected chi connectivity index (χ0v) is 15.6. The number of nitrogens with zero attached hydrogens (tertiary/aromatic N) is 2. The highest BCUT2D eigenvalue weighted by Crippen LogP contribution is 2.44. The first kappa shape index (κ1) is 17.5. The van der Waals surface area contributed by atoms with Crippen LogP contribution in [0.25, 0.3) is 0 Å². The molecule has 138 valence electrons. The van der Waals surface area contributed by atoms with E-state index in [9.17, 15) is 14.7 Å². The van der Waals surface area contributed by atoms with Gasteiger partial charge in [-0.1, -0.05) is 6.07 Å². The molecule has 1 saturated heterocycles. The van der Waals surface area contributed by atoms with E-state index in [1.807, 2.05) is 18.2 Å². The van der Waals surface area contributed by atoms with Crippen LogP contribution in [0.4, 0.5) is 0 Å². The molecule has 0 radical (unpaired) electrons. The number of pyridine rings is 1. The smallest absolute Gasteiger partial charge is 0.345 e. The summed E-state index contributed by atoms with van der Waals surface area (Å²) in [5.74, 6) is -0.864. The van der Waals surface area contributed by atoms with E-state index >= 15 is 0 Å². The minimum Gasteiger partial charge on any atom is -0.477 e. The monoisotopic (exact) mass is 374 g/mol. The van der Waals surface area contributed by atoms with E-state index in [-0.39, 0.29) is 11.2 Å². The number of hydrogen-bond acceptors (Lipinski definition) is 5. The third-order valence-corrected chi connectivity index (χ3v) is 6.66. The quantitative estimate of drug-likeness (QED) is 0.892. The van der Waals surface area contributed by atoms with Crippen molar-refractivity contribution >= 4 is 17.3 Å². The van der Waals surface area contributed by atoms with E-state index in [2.05, 4.69) is 4.90 Å². The topological polar surface area (TPSA) is 71.8 Å². The lowest BCUT2D eigenvalue weighted by Crippen LogP contribution is -2.46. The molecule has 0 unspecified atom stereocenters. The van der Waals surface area contributed by atoms with Gasteiger partial charge in [0.25, 0.3) is 5.56 Å². The number of carboxylic acid groups (broad SMARTS) is 1. The molecule has 0 aromatic carbocycles. The Morgan fingerprint density at radius 1 is 1.38 bits per heavy atom. The Morgan fingerprint density at radius 3 is 2.88 bits per heavy atom. The fraction of sp³-hybridized carbons (Fsp3) is 0.474. The molecule has 4 rings (SSSR count). The molecule has 0 amide bonds. The molecular formula is C19H22N2O4S. The Hall–Kier alpha value is -1.96. The van der Waals surface area contributed by atoms with Crippen LogP contribution in [0.15, 0.2) is 29.2 Å². The Kier molecular flexibility index (Phi) is 4.46. The highest BCUT2D eigenvalue weighted by molar-refractivity contribution is 7.14. The number of ether oxygens (including phenoxy) is 1. The molecule has 2 aromatic rings. The number of likely N-dealkylation sites (tertiary alicyclic amines) is 1. The van der Waals surface area contributed by atoms with Crippen LogP contribution in [0.3, 0.4) is 0 Å². The molecule has 0 bridgehead atoms. The van der Waals surface area contributed by atoms with Gasteiger partial charge in [0.15, 0.2) is 0 Å². The summed E-state index contributed by atoms with van der Waals surface area (Å²) in [6.07, 6.45) is 4.20. The minimum absolute atomic E-state index is 0.0490. The van der Waals surface area contributed by atoms with Crippen LogP contribution in [0, 0.1) is 0 Å². The second-order valence-electron chi connectivity index (χ2n) is 7.07. The molecule has 1 fully saturated rings. The van der Waals surface area contributed by atoms with Gasteiger partial charge in [-0.15, -0.1) is 11.3 Å². The summed E-state index contributed by atoms with van der Waals surface area (Å²) < 4.78 is 7.80. The fourth-order valence-corrected chi connectivity index (χ4v) is 5.09. The number of hydrogen-bond donors (Lipinski definition) is 1. The summed E-state index contributed by atoms with van der Waals surface area (Å²) in [6, 6.07) is 5.60. The zero-order chi connectivity index (χ0) is 18.3. The minimum atomic E-state index is -0.864. The Balaban J connectivity index is 1.51. The van der Waals surface area contributed by atoms with Crippen molar-refractivity contribution in [3.05, 3.63) is 55.6 Å². The van der Waals surface area contributed by atoms with Gasteiger partial charge in [-0.05, 0) is 30.5 Å². The lowest BCUT2D eigenvalue weighted by atomic mass is 9.82. The molecule has 4 heterocycles. The second kappa shape index (κ2) is 6.64. The summed E-state index contributed by atoms with van der Waals surface area (Å²) >= 11 is 1.38. The molecule has 1 spiro atoms. The largest absolute Gasteiger partial charge is 0.477 e. The number of piperidine rings is 1. The maximum atomic E-state index is 12.2. The van der Waals surface area contributed by atoms with Crippen molar-refractivity contribution in [3.8, 4) is 0 Å². The lowest BCUT2D eigenvalue weighted by Gasteiger charge is -2.44. The predicted octanol–water partition coefficient (Wildman–Crippen LogP) is 2.21. The molecule has 0 aliphatic carbocycles. The van der Waals surface area contributed by atoms with Gasteiger partial charge in [-0.3, -0.25) is 9.69 Å². The Bertz CT molecular complexity index is 893. The Labute approximate surface area is 155 Å². The van der Waals surface area contributed by atoms with Crippen LogP contribution in [0.2, 0.25) is 0 Å². The van der Waals surface area contributed by atoms with Gasteiger partial charge >= 0.3 is 5.97 Å². The lowest BCUT2D eigenvalue weighted by molar-refractivity contribution is -0.0981. The first-order valence-electron chi connectivity index (χ1n) is 8.86. The van der Waals surface area contributed by atoms with E-state index in [0.717, 1.165) is 48.4 Å². The number of fused-ring (bicyclic) bond motifs is 2. The van der Waals surface area contributed by atoms with Gasteiger partial charge in [0.1, 0.15) is 4.88 Å². The van der Waals surface area contributed by atoms with Gasteiger partial charge in [0, 0.05) is 49.7 Å². The van der Waals surface area contributed by atoms with Crippen molar-refractivity contribution in [2.75, 3.05) is 19.7 Å². The normalized spacial score (nSPS) is 19.4. The van der Waals surface area contributed by atoms with Crippen molar-refractivity contribution in [2.45, 2.75) is 31.4 Å². The third kappa shape index (κ3) is 3.00. The van der Waals surface area contributed by atoms with Crippen molar-refractivity contribution in [2.24, 2.45) is 7.05 Å². The molecule has 6 nitrogen and oxygen atoms in total. The summed E-state index contributed by atoms with van der Waals surface area (Å²) in [7, 11) is 1.77. The van der Waals surface area contributed by atoms with Crippen LogP contribution in [-0.2, 0) is 30.4 Å². The third-order valence-electron chi connectivity index (χ3n) is 5.48. The molecule has 0 saturated carbocycles. The molecule has 1 N–H and O–H groups in total. The van der Waals surface area contributed by atoms with Gasteiger partial charge in [0.05, 0.1) is 12.2 Å². The van der Waals surface area contributed by atoms with Crippen LogP contribution in [0.1, 0.15) is 38.5 Å². The number of rotatable bonds is 3. The summed E-state index contributed by atoms with van der Waals surface area (Å²) in [5.41, 5.74) is 1.56. The average molecular weight is 374 g/mol. The first-order chi connectivity index (χ1) is 12.5. The SMILES string of the molecule is Cn1cccc(CN2CCC3(CC2)OCCc2sc(C(=O)O)cc23)c1=O. The first-order valence-corrected chi connectivity index (χ1v) is 9.67. The second-order valence-corrected chi connectivity index (χ2v) is 8.21. The summed E-state index contributed by atoms with van der Waals surface area (Å²) in [4.78, 5) is 27.4. The highest BCUT2D eigenvalue weighted by atomic mass is 32.1. The number of aryl methyl sites for hydroxylation is 1. The molecule has 0 atom stereocenters. The predicted molar refractivity (Wildman–Crippen MR) is 98.8 cm³/mol. The Morgan fingerprint density at radius 2 is 2.15 bits per heavy atom. The van der Waals surface area contributed by atoms with Crippen molar-refractivity contribution in [3.63, 3.8) is 0 Å². The fourth-order valence-electron chi connectivity index (χ4n) is 4.02. The van der Waals surface area contributed by atoms with E-state index in [1.54, 1.807) is 17.8 Å². The van der Waals surface area contributed by atoms with Crippen molar-refractivity contribution in [1.29, 1.82) is 0 Å². The molecule has 2 aromatic heterocycles. The van der Waals surface area contributed by atoms with E-state index in [4.69, 9.17) is 4.74 Å². The van der Waals surface area contributed by atoms with Crippen LogP contribution < -0.4 is 5.56 Å². The van der Waals surface area contributed by atoms with Crippen LogP contribution in [0.5, 0.6) is 0 Å². The van der Waals surface area contributed by atoms with Crippen LogP contribution >= 0.6 is 11.3 Å². The molecule has 7 heteroatoms. The summed E-state index contributed by atoms with van der Waals surface area (Å²) in [5, 5.41) is 9.31. The zero-order valence-electron chi connectivity index (χ0n) is 14.7. The highest BCUT2D eigenvalue weighted by Gasteiger charge is 2.42. The number of carboxylic acids is 1. The number of carbonyl (C=O) groups is 1. The molecule has 2 aliphatic heterocycles. The van der Waals surface area contributed by atoms with Gasteiger partial charge in [0.2, 0.25) is 0 Å². The summed E-state index contributed by atoms with van der Waals surface area (Å²) in [6.45, 7) is 2.94. The molecule has 26 heavy (non-hydrogen) atoms. The molecular weight excluding hydrogens is 352 g/mol. The van der Waals surface area contributed by atoms with E-state index in [0.29, 0.717) is 18.0 Å². The standard InChI is InChI=1S/C19H22N2O4S/c1-20-7-2-3-13(17(20)22)12-21-8-5-19(6-9-21)14-11-16(18(23)24)26-15(14)4-10-25-19/h2-3,7,11H,4-6,8-10,12H2,1H3,(H,23,24). The van der Waals surface area contributed by atoms with Crippen molar-refractivity contribution in [1.82, 2.24) is 9.47 Å². The van der Waals surface area contributed by atoms with E-state index < -0.39 is 5.97 Å². The average Bonchev–Trinajstić information content (AvgIpc) is 3.07. The molecule has 2 aliphatic rings. The van der Waals surface area contributed by atoms with Crippen LogP contribution in [-0.4, -0.2) is 40.2 Å². The van der Waals surface area contributed by atoms with Gasteiger partial charge in [-0.25, -0.2) is 4.79 Å². The van der Waals surface area contributed by atoms with Gasteiger partial charge < -0.3 is 14.4 Å². The van der Waals surface area contributed by atoms with E-state index in [1.165, 1.54) is 11.3 Å².